The molecule has 0 spiro atoms. The molecule has 4 nitrogen and oxygen atoms in total. The summed E-state index contributed by atoms with van der Waals surface area (Å²) in [7, 11) is 2.69. The van der Waals surface area contributed by atoms with Crippen molar-refractivity contribution in [2.45, 2.75) is 12.8 Å². The Morgan fingerprint density at radius 2 is 2.20 bits per heavy atom. The van der Waals surface area contributed by atoms with Gasteiger partial charge in [0.25, 0.3) is 0 Å². The molecule has 0 amide bonds. The van der Waals surface area contributed by atoms with Crippen molar-refractivity contribution in [2.24, 2.45) is 10.4 Å². The second-order valence-corrected chi connectivity index (χ2v) is 3.47. The average molecular weight is 215 g/mol. The van der Waals surface area contributed by atoms with Crippen LogP contribution in [0.2, 0.25) is 0 Å². The van der Waals surface area contributed by atoms with Gasteiger partial charge in [0.2, 0.25) is 0 Å². The lowest BCUT2D eigenvalue weighted by atomic mass is 9.83. The summed E-state index contributed by atoms with van der Waals surface area (Å²) in [4.78, 5) is 4.17. The molecule has 0 aromatic heterocycles. The fraction of sp³-hybridized carbons (Fsp3) is 0.727. The number of aliphatic imine (C=N–C) groups is 1. The van der Waals surface area contributed by atoms with Gasteiger partial charge in [0.1, 0.15) is 0 Å². The van der Waals surface area contributed by atoms with E-state index in [1.807, 2.05) is 6.08 Å². The van der Waals surface area contributed by atoms with Crippen molar-refractivity contribution >= 4 is 6.21 Å². The van der Waals surface area contributed by atoms with Crippen LogP contribution in [0.1, 0.15) is 12.8 Å². The SMILES string of the molecule is CO.COCCCC1(CO)C=CC=NC1. The number of allylic oxidation sites excluding steroid dienone is 1. The van der Waals surface area contributed by atoms with Gasteiger partial charge in [0.15, 0.2) is 0 Å². The smallest absolute Gasteiger partial charge is 0.0540 e. The third-order valence-corrected chi connectivity index (χ3v) is 2.39. The summed E-state index contributed by atoms with van der Waals surface area (Å²) in [5.74, 6) is 0. The summed E-state index contributed by atoms with van der Waals surface area (Å²) >= 11 is 0. The summed E-state index contributed by atoms with van der Waals surface area (Å²) < 4.78 is 4.98. The Labute approximate surface area is 91.3 Å². The predicted molar refractivity (Wildman–Crippen MR) is 61.3 cm³/mol. The van der Waals surface area contributed by atoms with Gasteiger partial charge in [-0.2, -0.15) is 0 Å². The maximum atomic E-state index is 9.27. The zero-order valence-electron chi connectivity index (χ0n) is 9.52. The molecule has 0 saturated carbocycles. The molecule has 1 heterocycles. The van der Waals surface area contributed by atoms with Crippen LogP contribution in [-0.4, -0.2) is 50.4 Å². The van der Waals surface area contributed by atoms with Crippen molar-refractivity contribution in [3.8, 4) is 0 Å². The number of hydrogen-bond acceptors (Lipinski definition) is 4. The molecule has 0 aliphatic carbocycles. The van der Waals surface area contributed by atoms with E-state index in [0.717, 1.165) is 26.6 Å². The number of aliphatic hydroxyl groups excluding tert-OH is 2. The van der Waals surface area contributed by atoms with Gasteiger partial charge in [0.05, 0.1) is 13.2 Å². The van der Waals surface area contributed by atoms with Crippen LogP contribution in [0.4, 0.5) is 0 Å². The van der Waals surface area contributed by atoms with E-state index >= 15 is 0 Å². The number of hydrogen-bond donors (Lipinski definition) is 2. The lowest BCUT2D eigenvalue weighted by molar-refractivity contribution is 0.138. The topological polar surface area (TPSA) is 62.0 Å². The van der Waals surface area contributed by atoms with E-state index < -0.39 is 0 Å². The molecule has 1 unspecified atom stereocenters. The summed E-state index contributed by atoms with van der Waals surface area (Å²) in [5.41, 5.74) is -0.132. The van der Waals surface area contributed by atoms with Crippen molar-refractivity contribution in [1.82, 2.24) is 0 Å². The van der Waals surface area contributed by atoms with E-state index in [4.69, 9.17) is 9.84 Å². The fourth-order valence-corrected chi connectivity index (χ4v) is 1.51. The lowest BCUT2D eigenvalue weighted by Crippen LogP contribution is -2.28. The molecule has 0 saturated heterocycles. The number of aliphatic hydroxyl groups is 2. The Balaban J connectivity index is 0.000000921. The third kappa shape index (κ3) is 5.06. The first-order chi connectivity index (χ1) is 7.33. The van der Waals surface area contributed by atoms with Gasteiger partial charge in [0, 0.05) is 32.5 Å². The van der Waals surface area contributed by atoms with Gasteiger partial charge in [-0.25, -0.2) is 0 Å². The normalized spacial score (nSPS) is 23.5. The minimum absolute atomic E-state index is 0.132. The Bertz CT molecular complexity index is 204. The highest BCUT2D eigenvalue weighted by atomic mass is 16.5. The lowest BCUT2D eigenvalue weighted by Gasteiger charge is -2.28. The van der Waals surface area contributed by atoms with E-state index in [2.05, 4.69) is 11.1 Å². The molecule has 1 rings (SSSR count). The van der Waals surface area contributed by atoms with Gasteiger partial charge in [-0.1, -0.05) is 6.08 Å². The van der Waals surface area contributed by atoms with Crippen LogP contribution in [0.5, 0.6) is 0 Å². The second kappa shape index (κ2) is 8.59. The molecule has 15 heavy (non-hydrogen) atoms. The minimum atomic E-state index is -0.132. The number of methoxy groups -OCH3 is 1. The molecule has 0 aromatic carbocycles. The maximum absolute atomic E-state index is 9.27. The Morgan fingerprint density at radius 1 is 1.47 bits per heavy atom. The molecular formula is C11H21NO3. The van der Waals surface area contributed by atoms with Crippen molar-refractivity contribution in [2.75, 3.05) is 34.0 Å². The first-order valence-electron chi connectivity index (χ1n) is 5.05. The molecule has 0 fully saturated rings. The average Bonchev–Trinajstić information content (AvgIpc) is 2.33. The molecule has 0 aromatic rings. The molecule has 0 bridgehead atoms. The third-order valence-electron chi connectivity index (χ3n) is 2.39. The molecule has 0 radical (unpaired) electrons. The van der Waals surface area contributed by atoms with Crippen LogP contribution in [-0.2, 0) is 4.74 Å². The van der Waals surface area contributed by atoms with Gasteiger partial charge < -0.3 is 14.9 Å². The molecular weight excluding hydrogens is 194 g/mol. The van der Waals surface area contributed by atoms with E-state index in [9.17, 15) is 5.11 Å². The molecule has 1 aliphatic heterocycles. The van der Waals surface area contributed by atoms with Crippen LogP contribution in [0, 0.1) is 5.41 Å². The van der Waals surface area contributed by atoms with Crippen LogP contribution >= 0.6 is 0 Å². The summed E-state index contributed by atoms with van der Waals surface area (Å²) in [6.07, 6.45) is 7.65. The second-order valence-electron chi connectivity index (χ2n) is 3.47. The fourth-order valence-electron chi connectivity index (χ4n) is 1.51. The van der Waals surface area contributed by atoms with Crippen molar-refractivity contribution < 1.29 is 14.9 Å². The highest BCUT2D eigenvalue weighted by molar-refractivity contribution is 5.72. The molecule has 2 N–H and O–H groups in total. The van der Waals surface area contributed by atoms with E-state index in [1.165, 1.54) is 0 Å². The largest absolute Gasteiger partial charge is 0.400 e. The summed E-state index contributed by atoms with van der Waals surface area (Å²) in [6.45, 7) is 1.62. The van der Waals surface area contributed by atoms with Crippen LogP contribution in [0.25, 0.3) is 0 Å². The van der Waals surface area contributed by atoms with Gasteiger partial charge in [-0.05, 0) is 18.9 Å². The van der Waals surface area contributed by atoms with E-state index in [0.29, 0.717) is 6.54 Å². The predicted octanol–water partition coefficient (Wildman–Crippen LogP) is 0.641. The number of rotatable bonds is 5. The first kappa shape index (κ1) is 14.3. The van der Waals surface area contributed by atoms with Crippen molar-refractivity contribution in [3.05, 3.63) is 12.2 Å². The molecule has 1 aliphatic rings. The quantitative estimate of drug-likeness (QED) is 0.662. The zero-order chi connectivity index (χ0) is 11.6. The zero-order valence-corrected chi connectivity index (χ0v) is 9.52. The van der Waals surface area contributed by atoms with Crippen molar-refractivity contribution in [3.63, 3.8) is 0 Å². The Kier molecular flexibility index (Phi) is 8.18. The van der Waals surface area contributed by atoms with Gasteiger partial charge in [-0.15, -0.1) is 0 Å². The van der Waals surface area contributed by atoms with E-state index in [-0.39, 0.29) is 12.0 Å². The Morgan fingerprint density at radius 3 is 2.67 bits per heavy atom. The maximum Gasteiger partial charge on any atom is 0.0540 e. The highest BCUT2D eigenvalue weighted by Crippen LogP contribution is 2.27. The molecule has 4 heteroatoms. The summed E-state index contributed by atoms with van der Waals surface area (Å²) in [6, 6.07) is 0. The van der Waals surface area contributed by atoms with Gasteiger partial charge >= 0.3 is 0 Å². The van der Waals surface area contributed by atoms with Crippen LogP contribution in [0.15, 0.2) is 17.1 Å². The van der Waals surface area contributed by atoms with E-state index in [1.54, 1.807) is 13.3 Å². The van der Waals surface area contributed by atoms with Crippen LogP contribution in [0.3, 0.4) is 0 Å². The summed E-state index contributed by atoms with van der Waals surface area (Å²) in [5, 5.41) is 16.3. The standard InChI is InChI=1S/C10H17NO2.CH4O/c1-13-7-3-5-10(9-12)4-2-6-11-8-10;1-2/h2,4,6,12H,3,5,7-9H2,1H3;2H,1H3. The van der Waals surface area contributed by atoms with Crippen LogP contribution < -0.4 is 0 Å². The number of nitrogens with zero attached hydrogens (tertiary/aromatic N) is 1. The molecule has 1 atom stereocenters. The van der Waals surface area contributed by atoms with Gasteiger partial charge in [-0.3, -0.25) is 4.99 Å². The first-order valence-corrected chi connectivity index (χ1v) is 5.05. The highest BCUT2D eigenvalue weighted by Gasteiger charge is 2.26. The van der Waals surface area contributed by atoms with Crippen molar-refractivity contribution in [1.29, 1.82) is 0 Å². The Hall–Kier alpha value is -0.710. The minimum Gasteiger partial charge on any atom is -0.400 e. The number of dihydropyridines is 1. The number of ether oxygens (including phenoxy) is 1. The molecule has 88 valence electrons. The monoisotopic (exact) mass is 215 g/mol.